The Bertz CT molecular complexity index is 1600. The summed E-state index contributed by atoms with van der Waals surface area (Å²) in [6, 6.07) is 24.3. The molecule has 0 bridgehead atoms. The number of carboxylic acids is 3. The number of thioether (sulfide) groups is 7. The van der Waals surface area contributed by atoms with E-state index >= 15 is 0 Å². The maximum absolute atomic E-state index is 10.3. The number of benzene rings is 3. The molecule has 0 fully saturated rings. The molecule has 0 saturated carbocycles. The molecular weight excluding hydrogens is 829 g/mol. The highest BCUT2D eigenvalue weighted by Gasteiger charge is 2.06. The fraction of sp³-hybridized carbons (Fsp3) is 0.371. The molecule has 0 atom stereocenters. The first-order valence-corrected chi connectivity index (χ1v) is 24.5. The predicted octanol–water partition coefficient (Wildman–Crippen LogP) is 9.43. The lowest BCUT2D eigenvalue weighted by Gasteiger charge is -2.04. The van der Waals surface area contributed by atoms with E-state index in [1.54, 1.807) is 47.0 Å². The lowest BCUT2D eigenvalue weighted by atomic mass is 10.2. The number of rotatable bonds is 16. The standard InChI is InChI=1S/C10H12O2S2.C9H10O2S2.C8H10S.C5H8N4O2S.C3H8S2/c1-13-8-4-2-3-5-9(8)14-7-6-10(11)12;1-12-7-4-2-3-5-8(7)13-6-9(10)11;1-7-5-3-4-6-8(7)9-2;1-12-5-6-7-8-9(5)3-2-4(10)11;1-5-3-2-4/h2-5H,6-7H2,1H3,(H,11,12);2-5H,6H2,1H3,(H,10,11);3-6H,1-2H3;2-3H2,1H3,(H,10,11);4H,2-3H2,1H3. The minimum Gasteiger partial charge on any atom is -0.481 e. The Labute approximate surface area is 348 Å². The number of aryl methyl sites for hydroxylation is 2. The van der Waals surface area contributed by atoms with Crippen molar-refractivity contribution in [2.45, 2.75) is 55.9 Å². The first-order valence-electron chi connectivity index (χ1n) is 15.6. The van der Waals surface area contributed by atoms with Crippen LogP contribution in [0.5, 0.6) is 0 Å². The molecule has 0 radical (unpaired) electrons. The van der Waals surface area contributed by atoms with E-state index in [2.05, 4.69) is 71.9 Å². The number of aliphatic carboxylic acids is 3. The molecular formula is C35H48N4O6S8. The molecule has 0 unspecified atom stereocenters. The van der Waals surface area contributed by atoms with Crippen LogP contribution in [0.15, 0.2) is 102 Å². The third-order valence-electron chi connectivity index (χ3n) is 5.89. The summed E-state index contributed by atoms with van der Waals surface area (Å²) < 4.78 is 1.47. The lowest BCUT2D eigenvalue weighted by Crippen LogP contribution is -2.07. The zero-order chi connectivity index (χ0) is 39.9. The normalized spacial score (nSPS) is 9.79. The summed E-state index contributed by atoms with van der Waals surface area (Å²) >= 11 is 15.3. The molecule has 0 saturated heterocycles. The largest absolute Gasteiger partial charge is 0.481 e. The van der Waals surface area contributed by atoms with Gasteiger partial charge in [-0.2, -0.15) is 24.4 Å². The van der Waals surface area contributed by atoms with Crippen molar-refractivity contribution in [2.24, 2.45) is 0 Å². The van der Waals surface area contributed by atoms with Crippen molar-refractivity contribution in [3.63, 3.8) is 0 Å². The lowest BCUT2D eigenvalue weighted by molar-refractivity contribution is -0.138. The average Bonchev–Trinajstić information content (AvgIpc) is 3.63. The van der Waals surface area contributed by atoms with Gasteiger partial charge in [0.05, 0.1) is 25.1 Å². The monoisotopic (exact) mass is 876 g/mol. The van der Waals surface area contributed by atoms with Crippen molar-refractivity contribution in [3.05, 3.63) is 78.4 Å². The molecule has 292 valence electrons. The van der Waals surface area contributed by atoms with E-state index in [0.717, 1.165) is 15.5 Å². The van der Waals surface area contributed by atoms with E-state index in [-0.39, 0.29) is 18.6 Å². The van der Waals surface area contributed by atoms with Crippen LogP contribution in [0.3, 0.4) is 0 Å². The first kappa shape index (κ1) is 50.9. The molecule has 3 N–H and O–H groups in total. The molecule has 0 aliphatic heterocycles. The van der Waals surface area contributed by atoms with Crippen LogP contribution in [0.4, 0.5) is 0 Å². The molecule has 1 heterocycles. The molecule has 18 heteroatoms. The summed E-state index contributed by atoms with van der Waals surface area (Å²) in [6.45, 7) is 2.45. The number of carboxylic acid groups (broad SMARTS) is 3. The third kappa shape index (κ3) is 25.6. The van der Waals surface area contributed by atoms with Gasteiger partial charge in [-0.15, -0.1) is 63.9 Å². The topological polar surface area (TPSA) is 155 Å². The summed E-state index contributed by atoms with van der Waals surface area (Å²) in [5.41, 5.74) is 1.37. The van der Waals surface area contributed by atoms with Crippen LogP contribution in [0, 0.1) is 6.92 Å². The van der Waals surface area contributed by atoms with Gasteiger partial charge in [-0.25, -0.2) is 4.68 Å². The van der Waals surface area contributed by atoms with Gasteiger partial charge in [0, 0.05) is 36.0 Å². The second kappa shape index (κ2) is 33.3. The Morgan fingerprint density at radius 3 is 1.53 bits per heavy atom. The van der Waals surface area contributed by atoms with Crippen molar-refractivity contribution < 1.29 is 29.7 Å². The molecule has 10 nitrogen and oxygen atoms in total. The molecule has 0 amide bonds. The molecule has 0 aliphatic rings. The average molecular weight is 877 g/mol. The van der Waals surface area contributed by atoms with Crippen LogP contribution >= 0.6 is 95.0 Å². The number of carbonyl (C=O) groups is 3. The predicted molar refractivity (Wildman–Crippen MR) is 235 cm³/mol. The van der Waals surface area contributed by atoms with Crippen LogP contribution in [0.25, 0.3) is 0 Å². The quantitative estimate of drug-likeness (QED) is 0.0623. The van der Waals surface area contributed by atoms with Crippen molar-refractivity contribution in [3.8, 4) is 0 Å². The number of tetrazole rings is 1. The minimum absolute atomic E-state index is 0.0403. The summed E-state index contributed by atoms with van der Waals surface area (Å²) in [4.78, 5) is 36.8. The molecule has 3 aromatic carbocycles. The molecule has 53 heavy (non-hydrogen) atoms. The molecule has 0 aliphatic carbocycles. The van der Waals surface area contributed by atoms with E-state index in [0.29, 0.717) is 17.5 Å². The summed E-state index contributed by atoms with van der Waals surface area (Å²) in [7, 11) is 0. The fourth-order valence-electron chi connectivity index (χ4n) is 3.43. The number of nitrogens with zero attached hydrogens (tertiary/aromatic N) is 4. The van der Waals surface area contributed by atoms with Gasteiger partial charge in [0.15, 0.2) is 0 Å². The van der Waals surface area contributed by atoms with E-state index in [4.69, 9.17) is 15.3 Å². The SMILES string of the molecule is CSCCS.CSc1ccccc1C.CSc1ccccc1SCC(=O)O.CSc1ccccc1SCCC(=O)O.CSc1nnnn1CCC(=O)O. The van der Waals surface area contributed by atoms with E-state index in [9.17, 15) is 14.4 Å². The smallest absolute Gasteiger partial charge is 0.313 e. The highest BCUT2D eigenvalue weighted by Crippen LogP contribution is 2.30. The van der Waals surface area contributed by atoms with Gasteiger partial charge in [-0.3, -0.25) is 14.4 Å². The molecule has 4 aromatic rings. The molecule has 1 aromatic heterocycles. The maximum atomic E-state index is 10.3. The van der Waals surface area contributed by atoms with Crippen LogP contribution in [-0.4, -0.2) is 108 Å². The Morgan fingerprint density at radius 1 is 0.642 bits per heavy atom. The zero-order valence-electron chi connectivity index (χ0n) is 30.5. The number of hydrogen-bond donors (Lipinski definition) is 4. The highest BCUT2D eigenvalue weighted by molar-refractivity contribution is 8.02. The maximum Gasteiger partial charge on any atom is 0.313 e. The van der Waals surface area contributed by atoms with Crippen LogP contribution in [0.1, 0.15) is 18.4 Å². The number of hydrogen-bond acceptors (Lipinski definition) is 14. The van der Waals surface area contributed by atoms with Gasteiger partial charge in [0.2, 0.25) is 5.16 Å². The van der Waals surface area contributed by atoms with E-state index in [1.165, 1.54) is 54.2 Å². The minimum atomic E-state index is -0.849. The second-order valence-corrected chi connectivity index (χ2v) is 16.6. The molecule has 4 rings (SSSR count). The summed E-state index contributed by atoms with van der Waals surface area (Å²) in [5.74, 6) is 0.562. The Kier molecular flexibility index (Phi) is 32.0. The van der Waals surface area contributed by atoms with Gasteiger partial charge in [0.1, 0.15) is 0 Å². The van der Waals surface area contributed by atoms with Gasteiger partial charge >= 0.3 is 17.9 Å². The van der Waals surface area contributed by atoms with Crippen LogP contribution in [0.2, 0.25) is 0 Å². The summed E-state index contributed by atoms with van der Waals surface area (Å²) in [6.07, 6.45) is 10.3. The van der Waals surface area contributed by atoms with Crippen molar-refractivity contribution in [1.82, 2.24) is 20.2 Å². The van der Waals surface area contributed by atoms with Gasteiger partial charge in [-0.1, -0.05) is 54.2 Å². The number of aromatic nitrogens is 4. The van der Waals surface area contributed by atoms with Crippen molar-refractivity contribution in [1.29, 1.82) is 0 Å². The second-order valence-electron chi connectivity index (χ2n) is 9.69. The third-order valence-corrected chi connectivity index (χ3v) is 12.6. The Balaban J connectivity index is 0.000000658. The van der Waals surface area contributed by atoms with Crippen molar-refractivity contribution >= 4 is 113 Å². The first-order chi connectivity index (χ1) is 25.5. The van der Waals surface area contributed by atoms with E-state index in [1.807, 2.05) is 79.1 Å². The highest BCUT2D eigenvalue weighted by atomic mass is 32.2. The van der Waals surface area contributed by atoms with Gasteiger partial charge in [-0.05, 0) is 90.3 Å². The summed E-state index contributed by atoms with van der Waals surface area (Å²) in [5, 5.41) is 36.8. The van der Waals surface area contributed by atoms with E-state index < -0.39 is 17.9 Å². The number of thiol groups is 1. The Hall–Kier alpha value is -2.06. The Morgan fingerprint density at radius 2 is 1.13 bits per heavy atom. The zero-order valence-corrected chi connectivity index (χ0v) is 37.1. The van der Waals surface area contributed by atoms with Gasteiger partial charge in [0.25, 0.3) is 0 Å². The van der Waals surface area contributed by atoms with Crippen LogP contribution in [-0.2, 0) is 20.9 Å². The van der Waals surface area contributed by atoms with Crippen LogP contribution < -0.4 is 0 Å². The molecule has 0 spiro atoms. The van der Waals surface area contributed by atoms with Crippen molar-refractivity contribution in [2.75, 3.05) is 54.3 Å². The fourth-order valence-corrected chi connectivity index (χ4v) is 8.58. The van der Waals surface area contributed by atoms with Gasteiger partial charge < -0.3 is 15.3 Å².